The van der Waals surface area contributed by atoms with Crippen molar-refractivity contribution in [3.05, 3.63) is 40.9 Å². The number of aromatic nitrogens is 1. The number of fused-ring (bicyclic) bond motifs is 1. The van der Waals surface area contributed by atoms with E-state index in [-0.39, 0.29) is 18.4 Å². The molecule has 0 unspecified atom stereocenters. The Morgan fingerprint density at radius 1 is 1.44 bits per heavy atom. The lowest BCUT2D eigenvalue weighted by Gasteiger charge is -2.06. The fraction of sp³-hybridized carbons (Fsp3) is 0.235. The number of carbonyl (C=O) groups excluding carboxylic acids is 2. The van der Waals surface area contributed by atoms with Gasteiger partial charge in [0, 0.05) is 36.3 Å². The summed E-state index contributed by atoms with van der Waals surface area (Å²) in [4.78, 5) is 24.5. The molecule has 1 aliphatic heterocycles. The lowest BCUT2D eigenvalue weighted by molar-refractivity contribution is -0.121. The van der Waals surface area contributed by atoms with Crippen molar-refractivity contribution in [3.8, 4) is 0 Å². The average Bonchev–Trinajstić information content (AvgIpc) is 3.08. The van der Waals surface area contributed by atoms with Crippen LogP contribution in [-0.2, 0) is 20.9 Å². The molecular formula is C17H17N3O3S2. The molecule has 1 saturated heterocycles. The number of amides is 2. The molecule has 6 nitrogen and oxygen atoms in total. The van der Waals surface area contributed by atoms with Crippen LogP contribution in [0.5, 0.6) is 0 Å². The maximum absolute atomic E-state index is 12.1. The van der Waals surface area contributed by atoms with Gasteiger partial charge in [-0.2, -0.15) is 0 Å². The van der Waals surface area contributed by atoms with Gasteiger partial charge in [0.05, 0.1) is 11.5 Å². The zero-order chi connectivity index (χ0) is 17.8. The number of rotatable bonds is 6. The van der Waals surface area contributed by atoms with Crippen LogP contribution in [0.4, 0.5) is 0 Å². The van der Waals surface area contributed by atoms with E-state index in [1.807, 2.05) is 35.0 Å². The zero-order valence-corrected chi connectivity index (χ0v) is 15.2. The van der Waals surface area contributed by atoms with Crippen LogP contribution in [0.1, 0.15) is 5.56 Å². The van der Waals surface area contributed by atoms with Crippen molar-refractivity contribution in [3.63, 3.8) is 0 Å². The molecule has 2 amide bonds. The first kappa shape index (κ1) is 17.7. The first-order valence-electron chi connectivity index (χ1n) is 7.67. The highest BCUT2D eigenvalue weighted by atomic mass is 32.2. The summed E-state index contributed by atoms with van der Waals surface area (Å²) in [5, 5.41) is 6.39. The standard InChI is InChI=1S/C17H17N3O3S2/c1-23-7-6-18-15(21)10-20-9-11(12-4-2-3-5-13(12)20)8-14-16(22)19-17(24)25-14/h2-5,8-9H,6-7,10H2,1H3,(H,18,21)(H,19,22,24). The molecule has 1 aliphatic rings. The minimum absolute atomic E-state index is 0.0915. The molecule has 1 fully saturated rings. The maximum atomic E-state index is 12.1. The molecule has 0 saturated carbocycles. The number of nitrogens with one attached hydrogen (secondary N) is 2. The van der Waals surface area contributed by atoms with Crippen LogP contribution < -0.4 is 10.6 Å². The number of hydrogen-bond donors (Lipinski definition) is 2. The first-order valence-corrected chi connectivity index (χ1v) is 8.89. The van der Waals surface area contributed by atoms with Gasteiger partial charge in [0.15, 0.2) is 0 Å². The first-order chi connectivity index (χ1) is 12.1. The predicted molar refractivity (Wildman–Crippen MR) is 103 cm³/mol. The van der Waals surface area contributed by atoms with Gasteiger partial charge in [-0.15, -0.1) is 0 Å². The van der Waals surface area contributed by atoms with Gasteiger partial charge in [-0.3, -0.25) is 9.59 Å². The van der Waals surface area contributed by atoms with E-state index >= 15 is 0 Å². The van der Waals surface area contributed by atoms with Crippen LogP contribution in [0.25, 0.3) is 17.0 Å². The number of para-hydroxylation sites is 1. The number of ether oxygens (including phenoxy) is 1. The summed E-state index contributed by atoms with van der Waals surface area (Å²) in [5.74, 6) is -0.282. The molecule has 1 aromatic heterocycles. The summed E-state index contributed by atoms with van der Waals surface area (Å²) in [5.41, 5.74) is 1.81. The Morgan fingerprint density at radius 3 is 2.96 bits per heavy atom. The quantitative estimate of drug-likeness (QED) is 0.458. The Kier molecular flexibility index (Phi) is 5.52. The number of benzene rings is 1. The second-order valence-corrected chi connectivity index (χ2v) is 7.14. The molecule has 25 heavy (non-hydrogen) atoms. The molecule has 0 bridgehead atoms. The van der Waals surface area contributed by atoms with E-state index in [4.69, 9.17) is 17.0 Å². The second kappa shape index (κ2) is 7.81. The third kappa shape index (κ3) is 4.09. The molecule has 2 heterocycles. The normalized spacial score (nSPS) is 15.8. The molecule has 8 heteroatoms. The van der Waals surface area contributed by atoms with Crippen molar-refractivity contribution in [1.29, 1.82) is 0 Å². The van der Waals surface area contributed by atoms with Crippen molar-refractivity contribution >= 4 is 57.1 Å². The summed E-state index contributed by atoms with van der Waals surface area (Å²) in [7, 11) is 1.59. The van der Waals surface area contributed by atoms with Crippen LogP contribution in [0.15, 0.2) is 35.4 Å². The molecule has 0 aliphatic carbocycles. The minimum atomic E-state index is -0.191. The summed E-state index contributed by atoms with van der Waals surface area (Å²) in [6, 6.07) is 7.77. The van der Waals surface area contributed by atoms with E-state index in [9.17, 15) is 9.59 Å². The Hall–Kier alpha value is -2.16. The third-order valence-corrected chi connectivity index (χ3v) is 4.85. The van der Waals surface area contributed by atoms with Crippen molar-refractivity contribution in [2.45, 2.75) is 6.54 Å². The summed E-state index contributed by atoms with van der Waals surface area (Å²) in [6.07, 6.45) is 3.68. The zero-order valence-electron chi connectivity index (χ0n) is 13.6. The topological polar surface area (TPSA) is 72.4 Å². The van der Waals surface area contributed by atoms with Crippen molar-refractivity contribution < 1.29 is 14.3 Å². The van der Waals surface area contributed by atoms with Gasteiger partial charge in [0.25, 0.3) is 5.91 Å². The second-order valence-electron chi connectivity index (χ2n) is 5.42. The number of methoxy groups -OCH3 is 1. The van der Waals surface area contributed by atoms with E-state index in [0.717, 1.165) is 16.5 Å². The van der Waals surface area contributed by atoms with Crippen molar-refractivity contribution in [1.82, 2.24) is 15.2 Å². The number of hydrogen-bond acceptors (Lipinski definition) is 5. The predicted octanol–water partition coefficient (Wildman–Crippen LogP) is 1.89. The largest absolute Gasteiger partial charge is 0.383 e. The molecule has 2 aromatic rings. The Bertz CT molecular complexity index is 873. The minimum Gasteiger partial charge on any atom is -0.383 e. The highest BCUT2D eigenvalue weighted by Gasteiger charge is 2.22. The molecule has 0 radical (unpaired) electrons. The number of nitrogens with zero attached hydrogens (tertiary/aromatic N) is 1. The van der Waals surface area contributed by atoms with Crippen LogP contribution in [0.2, 0.25) is 0 Å². The summed E-state index contributed by atoms with van der Waals surface area (Å²) >= 11 is 6.26. The fourth-order valence-electron chi connectivity index (χ4n) is 2.59. The van der Waals surface area contributed by atoms with Crippen molar-refractivity contribution in [2.24, 2.45) is 0 Å². The van der Waals surface area contributed by atoms with Crippen molar-refractivity contribution in [2.75, 3.05) is 20.3 Å². The van der Waals surface area contributed by atoms with Gasteiger partial charge < -0.3 is 19.9 Å². The molecule has 0 atom stereocenters. The van der Waals surface area contributed by atoms with Gasteiger partial charge in [0.2, 0.25) is 5.91 Å². The van der Waals surface area contributed by atoms with E-state index in [1.54, 1.807) is 13.2 Å². The molecule has 2 N–H and O–H groups in total. The Labute approximate surface area is 154 Å². The van der Waals surface area contributed by atoms with Crippen LogP contribution in [0.3, 0.4) is 0 Å². The molecular weight excluding hydrogens is 358 g/mol. The van der Waals surface area contributed by atoms with E-state index < -0.39 is 0 Å². The Morgan fingerprint density at radius 2 is 2.24 bits per heavy atom. The monoisotopic (exact) mass is 375 g/mol. The fourth-order valence-corrected chi connectivity index (χ4v) is 3.62. The van der Waals surface area contributed by atoms with Crippen LogP contribution in [0, 0.1) is 0 Å². The highest BCUT2D eigenvalue weighted by Crippen LogP contribution is 2.29. The third-order valence-electron chi connectivity index (χ3n) is 3.69. The maximum Gasteiger partial charge on any atom is 0.263 e. The average molecular weight is 375 g/mol. The number of thioether (sulfide) groups is 1. The molecule has 1 aromatic carbocycles. The molecule has 0 spiro atoms. The van der Waals surface area contributed by atoms with Gasteiger partial charge in [-0.1, -0.05) is 42.2 Å². The summed E-state index contributed by atoms with van der Waals surface area (Å²) in [6.45, 7) is 1.15. The summed E-state index contributed by atoms with van der Waals surface area (Å²) < 4.78 is 7.26. The molecule has 130 valence electrons. The van der Waals surface area contributed by atoms with E-state index in [0.29, 0.717) is 22.4 Å². The smallest absolute Gasteiger partial charge is 0.263 e. The highest BCUT2D eigenvalue weighted by molar-refractivity contribution is 8.26. The van der Waals surface area contributed by atoms with E-state index in [2.05, 4.69) is 10.6 Å². The SMILES string of the molecule is COCCNC(=O)Cn1cc(C=C2SC(=S)NC2=O)c2ccccc21. The lowest BCUT2D eigenvalue weighted by atomic mass is 10.1. The number of thiocarbonyl (C=S) groups is 1. The van der Waals surface area contributed by atoms with Crippen LogP contribution >= 0.6 is 24.0 Å². The lowest BCUT2D eigenvalue weighted by Crippen LogP contribution is -2.30. The van der Waals surface area contributed by atoms with E-state index in [1.165, 1.54) is 11.8 Å². The Balaban J connectivity index is 1.88. The van der Waals surface area contributed by atoms with Gasteiger partial charge in [0.1, 0.15) is 10.9 Å². The van der Waals surface area contributed by atoms with Crippen LogP contribution in [-0.4, -0.2) is 41.0 Å². The van der Waals surface area contributed by atoms with Gasteiger partial charge >= 0.3 is 0 Å². The van der Waals surface area contributed by atoms with Gasteiger partial charge in [-0.25, -0.2) is 0 Å². The number of carbonyl (C=O) groups is 2. The molecule has 3 rings (SSSR count). The van der Waals surface area contributed by atoms with Gasteiger partial charge in [-0.05, 0) is 12.1 Å².